The molecule has 0 saturated heterocycles. The Morgan fingerprint density at radius 3 is 2.24 bits per heavy atom. The molecule has 6 nitrogen and oxygen atoms in total. The molecule has 0 bridgehead atoms. The van der Waals surface area contributed by atoms with E-state index in [1.54, 1.807) is 25.3 Å². The first-order chi connectivity index (χ1) is 21.0. The van der Waals surface area contributed by atoms with Crippen LogP contribution in [0.5, 0.6) is 5.75 Å². The summed E-state index contributed by atoms with van der Waals surface area (Å²) in [6.07, 6.45) is 7.74. The van der Waals surface area contributed by atoms with Gasteiger partial charge < -0.3 is 32.5 Å². The van der Waals surface area contributed by atoms with Gasteiger partial charge in [-0.15, -0.1) is 0 Å². The summed E-state index contributed by atoms with van der Waals surface area (Å²) in [4.78, 5) is 14.8. The first-order valence-corrected chi connectivity index (χ1v) is 16.2. The molecule has 2 aromatic rings. The van der Waals surface area contributed by atoms with E-state index in [2.05, 4.69) is 77.7 Å². The van der Waals surface area contributed by atoms with Gasteiger partial charge >= 0.3 is 6.97 Å². The van der Waals surface area contributed by atoms with Crippen molar-refractivity contribution in [3.63, 3.8) is 0 Å². The van der Waals surface area contributed by atoms with E-state index in [1.807, 2.05) is 25.2 Å². The highest BCUT2D eigenvalue weighted by molar-refractivity contribution is 6.58. The number of carbonyl (C=O) groups excluding carboxylic acids is 1. The Morgan fingerprint density at radius 1 is 1.00 bits per heavy atom. The molecular formula is C36H51BF2N4O2. The van der Waals surface area contributed by atoms with Gasteiger partial charge in [-0.3, -0.25) is 4.79 Å². The molecule has 9 heteroatoms. The molecule has 1 aromatic heterocycles. The highest BCUT2D eigenvalue weighted by atomic mass is 19.2. The van der Waals surface area contributed by atoms with Gasteiger partial charge in [-0.1, -0.05) is 67.5 Å². The topological polar surface area (TPSA) is 49.5 Å². The standard InChI is InChI=1S/C36H51BF2N4O2/c1-11-41(12-2)22-21-40-33(44)20-16-26-13-14-28-24-32-25(3)23-27(43(32)37(38,39)42(26)28)15-17-29-30(35(4,5)6)18-19-31(34(29)45-10)36(7,8)9/h13-15,17-19,23-24H,11-12,16,20-22H2,1-10H3,(H,40,44)/b17-15+. The third-order valence-corrected chi connectivity index (χ3v) is 8.94. The molecule has 0 aliphatic carbocycles. The van der Waals surface area contributed by atoms with Crippen LogP contribution in [-0.4, -0.2) is 65.7 Å². The monoisotopic (exact) mass is 620 g/mol. The van der Waals surface area contributed by atoms with Gasteiger partial charge in [0.25, 0.3) is 0 Å². The number of likely N-dealkylation sites (N-methyl/N-ethyl adjacent to an activating group) is 1. The highest BCUT2D eigenvalue weighted by Crippen LogP contribution is 2.41. The van der Waals surface area contributed by atoms with E-state index < -0.39 is 6.97 Å². The number of hydrogen-bond donors (Lipinski definition) is 1. The van der Waals surface area contributed by atoms with E-state index in [1.165, 1.54) is 4.49 Å². The van der Waals surface area contributed by atoms with Crippen molar-refractivity contribution in [3.05, 3.63) is 75.8 Å². The maximum absolute atomic E-state index is 16.6. The Labute approximate surface area is 268 Å². The van der Waals surface area contributed by atoms with E-state index in [0.29, 0.717) is 29.3 Å². The smallest absolute Gasteiger partial charge is 0.496 e. The Balaban J connectivity index is 1.68. The zero-order valence-corrected chi connectivity index (χ0v) is 28.9. The summed E-state index contributed by atoms with van der Waals surface area (Å²) in [6.45, 7) is 17.8. The quantitative estimate of drug-likeness (QED) is 0.271. The molecular weight excluding hydrogens is 569 g/mol. The lowest BCUT2D eigenvalue weighted by Gasteiger charge is -2.31. The molecule has 0 fully saturated rings. The fourth-order valence-electron chi connectivity index (χ4n) is 6.44. The number of halogens is 2. The number of methoxy groups -OCH3 is 1. The Hall–Kier alpha value is -3.46. The number of benzene rings is 1. The van der Waals surface area contributed by atoms with E-state index in [4.69, 9.17) is 4.74 Å². The van der Waals surface area contributed by atoms with Crippen LogP contribution < -0.4 is 10.1 Å². The lowest BCUT2D eigenvalue weighted by Crippen LogP contribution is -2.50. The van der Waals surface area contributed by atoms with Crippen molar-refractivity contribution in [2.75, 3.05) is 33.3 Å². The minimum Gasteiger partial charge on any atom is -0.496 e. The summed E-state index contributed by atoms with van der Waals surface area (Å²) in [7, 11) is 1.67. The number of nitrogens with one attached hydrogen (secondary N) is 1. The summed E-state index contributed by atoms with van der Waals surface area (Å²) in [5.74, 6) is 0.637. The van der Waals surface area contributed by atoms with Gasteiger partial charge in [0.05, 0.1) is 7.11 Å². The van der Waals surface area contributed by atoms with Crippen LogP contribution in [0, 0.1) is 0 Å². The number of aryl methyl sites for hydroxylation is 1. The minimum absolute atomic E-state index is 0.129. The molecule has 3 heterocycles. The minimum atomic E-state index is -4.21. The average molecular weight is 621 g/mol. The summed E-state index contributed by atoms with van der Waals surface area (Å²) in [6, 6.07) is 7.70. The second-order valence-electron chi connectivity index (χ2n) is 14.2. The first-order valence-electron chi connectivity index (χ1n) is 16.2. The molecule has 2 aliphatic rings. The average Bonchev–Trinajstić information content (AvgIpc) is 3.53. The second kappa shape index (κ2) is 13.1. The molecule has 0 atom stereocenters. The molecule has 244 valence electrons. The molecule has 2 aliphatic heterocycles. The molecule has 0 radical (unpaired) electrons. The van der Waals surface area contributed by atoms with E-state index in [9.17, 15) is 4.79 Å². The number of ether oxygens (including phenoxy) is 1. The van der Waals surface area contributed by atoms with Crippen molar-refractivity contribution in [3.8, 4) is 5.75 Å². The second-order valence-corrected chi connectivity index (χ2v) is 14.2. The van der Waals surface area contributed by atoms with Crippen molar-refractivity contribution in [2.45, 2.75) is 86.0 Å². The van der Waals surface area contributed by atoms with Gasteiger partial charge in [-0.25, -0.2) is 0 Å². The maximum Gasteiger partial charge on any atom is 0.737 e. The van der Waals surface area contributed by atoms with Gasteiger partial charge in [0.1, 0.15) is 5.75 Å². The summed E-state index contributed by atoms with van der Waals surface area (Å²) >= 11 is 0. The van der Waals surface area contributed by atoms with Crippen LogP contribution in [-0.2, 0) is 22.0 Å². The molecule has 45 heavy (non-hydrogen) atoms. The van der Waals surface area contributed by atoms with E-state index >= 15 is 8.63 Å². The molecule has 0 unspecified atom stereocenters. The zero-order chi connectivity index (χ0) is 33.3. The van der Waals surface area contributed by atoms with Crippen LogP contribution in [0.3, 0.4) is 0 Å². The van der Waals surface area contributed by atoms with E-state index in [-0.39, 0.29) is 29.6 Å². The number of carbonyl (C=O) groups is 1. The largest absolute Gasteiger partial charge is 0.737 e. The van der Waals surface area contributed by atoms with Crippen molar-refractivity contribution >= 4 is 30.7 Å². The van der Waals surface area contributed by atoms with Crippen molar-refractivity contribution in [1.29, 1.82) is 0 Å². The maximum atomic E-state index is 16.6. The third-order valence-electron chi connectivity index (χ3n) is 8.94. The van der Waals surface area contributed by atoms with Gasteiger partial charge in [0.2, 0.25) is 5.91 Å². The highest BCUT2D eigenvalue weighted by Gasteiger charge is 2.53. The molecule has 1 aromatic carbocycles. The van der Waals surface area contributed by atoms with Gasteiger partial charge in [-0.2, -0.15) is 0 Å². The number of allylic oxidation sites excluding steroid dienone is 3. The fourth-order valence-corrected chi connectivity index (χ4v) is 6.44. The SMILES string of the molecule is CCN(CC)CCNC(=O)CCc1ccc2n1[B-](F)(F)[N+]1=C(/C=C/c3c(C(C)(C)C)ccc(C(C)(C)C)c3OC)C=C(C)C1=C2. The predicted molar refractivity (Wildman–Crippen MR) is 183 cm³/mol. The first kappa shape index (κ1) is 34.4. The van der Waals surface area contributed by atoms with Crippen molar-refractivity contribution in [2.24, 2.45) is 0 Å². The van der Waals surface area contributed by atoms with Gasteiger partial charge in [-0.05, 0) is 66.7 Å². The number of rotatable bonds is 11. The normalized spacial score (nSPS) is 16.2. The zero-order valence-electron chi connectivity index (χ0n) is 28.9. The van der Waals surface area contributed by atoms with Gasteiger partial charge in [0.15, 0.2) is 11.4 Å². The molecule has 4 rings (SSSR count). The number of nitrogens with zero attached hydrogens (tertiary/aromatic N) is 3. The van der Waals surface area contributed by atoms with Crippen LogP contribution in [0.25, 0.3) is 12.2 Å². The Morgan fingerprint density at radius 2 is 1.64 bits per heavy atom. The Kier molecular flexibility index (Phi) is 10.0. The molecule has 1 N–H and O–H groups in total. The molecule has 0 spiro atoms. The van der Waals surface area contributed by atoms with Crippen LogP contribution in [0.15, 0.2) is 47.7 Å². The fraction of sp³-hybridized carbons (Fsp3) is 0.500. The number of hydrogen-bond acceptors (Lipinski definition) is 3. The molecule has 1 amide bonds. The lowest BCUT2D eigenvalue weighted by atomic mass is 9.78. The Bertz CT molecular complexity index is 1560. The van der Waals surface area contributed by atoms with E-state index in [0.717, 1.165) is 52.1 Å². The predicted octanol–water partition coefficient (Wildman–Crippen LogP) is 7.19. The van der Waals surface area contributed by atoms with Gasteiger partial charge in [0, 0.05) is 60.1 Å². The summed E-state index contributed by atoms with van der Waals surface area (Å²) < 4.78 is 41.5. The van der Waals surface area contributed by atoms with Crippen LogP contribution >= 0.6 is 0 Å². The van der Waals surface area contributed by atoms with Crippen LogP contribution in [0.4, 0.5) is 8.63 Å². The summed E-state index contributed by atoms with van der Waals surface area (Å²) in [5.41, 5.74) is 5.30. The lowest BCUT2D eigenvalue weighted by molar-refractivity contribution is -0.361. The number of aromatic nitrogens is 1. The molecule has 0 saturated carbocycles. The van der Waals surface area contributed by atoms with Crippen molar-refractivity contribution in [1.82, 2.24) is 14.7 Å². The van der Waals surface area contributed by atoms with Crippen LogP contribution in [0.1, 0.15) is 96.8 Å². The third kappa shape index (κ3) is 7.03. The van der Waals surface area contributed by atoms with Crippen LogP contribution in [0.2, 0.25) is 0 Å². The van der Waals surface area contributed by atoms with Crippen molar-refractivity contribution < 1.29 is 22.6 Å². The number of fused-ring (bicyclic) bond motifs is 2. The number of amides is 1. The summed E-state index contributed by atoms with van der Waals surface area (Å²) in [5, 5.41) is 2.94.